The fourth-order valence-electron chi connectivity index (χ4n) is 4.08. The first-order valence-electron chi connectivity index (χ1n) is 12.4. The predicted octanol–water partition coefficient (Wildman–Crippen LogP) is 5.63. The zero-order valence-electron chi connectivity index (χ0n) is 21.3. The maximum atomic E-state index is 12.8. The summed E-state index contributed by atoms with van der Waals surface area (Å²) < 4.78 is 5.92. The molecule has 1 aliphatic rings. The minimum Gasteiger partial charge on any atom is -0.493 e. The number of nitrogens with zero attached hydrogens (tertiary/aromatic N) is 1. The third-order valence-corrected chi connectivity index (χ3v) is 6.63. The number of benzene rings is 2. The Hall–Kier alpha value is -2.93. The van der Waals surface area contributed by atoms with Crippen LogP contribution in [0.2, 0.25) is 0 Å². The summed E-state index contributed by atoms with van der Waals surface area (Å²) in [5, 5.41) is 6.08. The summed E-state index contributed by atoms with van der Waals surface area (Å²) in [7, 11) is 0. The molecule has 7 heteroatoms. The molecule has 1 saturated heterocycles. The Labute approximate surface area is 214 Å². The molecule has 0 aliphatic carbocycles. The van der Waals surface area contributed by atoms with Gasteiger partial charge in [-0.05, 0) is 99.6 Å². The number of ether oxygens (including phenoxy) is 1. The van der Waals surface area contributed by atoms with Crippen LogP contribution in [0.1, 0.15) is 67.4 Å². The van der Waals surface area contributed by atoms with Crippen molar-refractivity contribution in [2.75, 3.05) is 25.0 Å². The molecule has 3 rings (SSSR count). The maximum absolute atomic E-state index is 12.8. The largest absolute Gasteiger partial charge is 0.493 e. The summed E-state index contributed by atoms with van der Waals surface area (Å²) in [6, 6.07) is 13.4. The lowest BCUT2D eigenvalue weighted by atomic mass is 9.87. The smallest absolute Gasteiger partial charge is 0.253 e. The third-order valence-electron chi connectivity index (χ3n) is 6.42. The van der Waals surface area contributed by atoms with Crippen molar-refractivity contribution in [1.82, 2.24) is 10.2 Å². The summed E-state index contributed by atoms with van der Waals surface area (Å²) >= 11 is 5.35. The number of hydrogen-bond donors (Lipinski definition) is 2. The topological polar surface area (TPSA) is 70.7 Å². The van der Waals surface area contributed by atoms with Gasteiger partial charge in [-0.25, -0.2) is 0 Å². The maximum Gasteiger partial charge on any atom is 0.253 e. The van der Waals surface area contributed by atoms with Crippen molar-refractivity contribution in [2.45, 2.75) is 59.8 Å². The number of carbonyl (C=O) groups excluding carboxylic acids is 2. The third kappa shape index (κ3) is 7.79. The van der Waals surface area contributed by atoms with Crippen LogP contribution in [0.5, 0.6) is 5.75 Å². The van der Waals surface area contributed by atoms with Crippen LogP contribution in [0.3, 0.4) is 0 Å². The summed E-state index contributed by atoms with van der Waals surface area (Å²) in [5.74, 6) is 0.815. The average molecular weight is 496 g/mol. The molecule has 0 aromatic heterocycles. The highest BCUT2D eigenvalue weighted by atomic mass is 32.1. The molecule has 0 bridgehead atoms. The van der Waals surface area contributed by atoms with Gasteiger partial charge in [0.25, 0.3) is 5.91 Å². The molecule has 0 saturated carbocycles. The number of aryl methyl sites for hydroxylation is 2. The highest BCUT2D eigenvalue weighted by Gasteiger charge is 2.28. The van der Waals surface area contributed by atoms with Crippen molar-refractivity contribution in [3.63, 3.8) is 0 Å². The number of nitrogens with one attached hydrogen (secondary N) is 2. The first-order chi connectivity index (χ1) is 16.7. The van der Waals surface area contributed by atoms with E-state index in [9.17, 15) is 9.59 Å². The molecular weight excluding hydrogens is 458 g/mol. The van der Waals surface area contributed by atoms with E-state index in [2.05, 4.69) is 22.8 Å². The zero-order valence-corrected chi connectivity index (χ0v) is 22.1. The molecule has 6 nitrogen and oxygen atoms in total. The minimum absolute atomic E-state index is 0.0652. The van der Waals surface area contributed by atoms with E-state index < -0.39 is 5.41 Å². The second-order valence-electron chi connectivity index (χ2n) is 9.94. The fourth-order valence-corrected chi connectivity index (χ4v) is 4.29. The number of piperidine rings is 1. The lowest BCUT2D eigenvalue weighted by molar-refractivity contribution is -0.128. The Balaban J connectivity index is 1.44. The van der Waals surface area contributed by atoms with Gasteiger partial charge >= 0.3 is 0 Å². The Morgan fingerprint density at radius 1 is 1.03 bits per heavy atom. The second kappa shape index (κ2) is 12.2. The van der Waals surface area contributed by atoms with Gasteiger partial charge in [-0.1, -0.05) is 26.0 Å². The van der Waals surface area contributed by atoms with Crippen LogP contribution in [0.15, 0.2) is 42.5 Å². The minimum atomic E-state index is -0.596. The molecule has 2 aromatic carbocycles. The first-order valence-corrected chi connectivity index (χ1v) is 12.8. The van der Waals surface area contributed by atoms with Gasteiger partial charge in [-0.2, -0.15) is 0 Å². The molecule has 2 amide bonds. The molecule has 0 unspecified atom stereocenters. The standard InChI is InChI=1S/C28H37N3O3S/c1-20-9-10-21(2)24(19-20)34-18-8-15-28(3,4)26(33)30-27(35)29-23-13-11-22(12-14-23)25(32)31-16-6-5-7-17-31/h9-14,19H,5-8,15-18H2,1-4H3,(H2,29,30,33,35). The van der Waals surface area contributed by atoms with E-state index in [4.69, 9.17) is 17.0 Å². The van der Waals surface area contributed by atoms with Crippen LogP contribution in [-0.4, -0.2) is 41.5 Å². The summed E-state index contributed by atoms with van der Waals surface area (Å²) in [5.41, 5.74) is 3.06. The molecule has 1 fully saturated rings. The number of carbonyl (C=O) groups is 2. The monoisotopic (exact) mass is 495 g/mol. The number of rotatable bonds is 8. The van der Waals surface area contributed by atoms with Gasteiger partial charge in [-0.3, -0.25) is 9.59 Å². The molecule has 35 heavy (non-hydrogen) atoms. The molecule has 1 aliphatic heterocycles. The predicted molar refractivity (Wildman–Crippen MR) is 145 cm³/mol. The van der Waals surface area contributed by atoms with Gasteiger partial charge < -0.3 is 20.3 Å². The van der Waals surface area contributed by atoms with Crippen molar-refractivity contribution in [3.8, 4) is 5.75 Å². The number of likely N-dealkylation sites (tertiary alicyclic amines) is 1. The highest BCUT2D eigenvalue weighted by Crippen LogP contribution is 2.24. The number of amides is 2. The molecular formula is C28H37N3O3S. The Morgan fingerprint density at radius 3 is 2.40 bits per heavy atom. The van der Waals surface area contributed by atoms with E-state index in [-0.39, 0.29) is 16.9 Å². The van der Waals surface area contributed by atoms with Crippen LogP contribution in [0, 0.1) is 19.3 Å². The van der Waals surface area contributed by atoms with E-state index in [0.717, 1.165) is 54.9 Å². The Bertz CT molecular complexity index is 1040. The quantitative estimate of drug-likeness (QED) is 0.367. The van der Waals surface area contributed by atoms with Crippen LogP contribution >= 0.6 is 12.2 Å². The highest BCUT2D eigenvalue weighted by molar-refractivity contribution is 7.80. The summed E-state index contributed by atoms with van der Waals surface area (Å²) in [6.07, 6.45) is 4.73. The van der Waals surface area contributed by atoms with Gasteiger partial charge in [0.2, 0.25) is 5.91 Å². The van der Waals surface area contributed by atoms with Gasteiger partial charge in [0.05, 0.1) is 6.61 Å². The fraction of sp³-hybridized carbons (Fsp3) is 0.464. The van der Waals surface area contributed by atoms with Gasteiger partial charge in [0.1, 0.15) is 5.75 Å². The molecule has 0 radical (unpaired) electrons. The SMILES string of the molecule is Cc1ccc(C)c(OCCCC(C)(C)C(=O)NC(=S)Nc2ccc(C(=O)N3CCCCC3)cc2)c1. The molecule has 0 atom stereocenters. The van der Waals surface area contributed by atoms with E-state index in [1.807, 2.05) is 50.8 Å². The molecule has 0 spiro atoms. The number of anilines is 1. The van der Waals surface area contributed by atoms with Crippen LogP contribution < -0.4 is 15.4 Å². The second-order valence-corrected chi connectivity index (χ2v) is 10.4. The summed E-state index contributed by atoms with van der Waals surface area (Å²) in [4.78, 5) is 27.3. The number of hydrogen-bond acceptors (Lipinski definition) is 4. The van der Waals surface area contributed by atoms with Crippen LogP contribution in [0.25, 0.3) is 0 Å². The zero-order chi connectivity index (χ0) is 25.4. The molecule has 2 N–H and O–H groups in total. The molecule has 1 heterocycles. The van der Waals surface area contributed by atoms with E-state index in [1.165, 1.54) is 6.42 Å². The van der Waals surface area contributed by atoms with E-state index >= 15 is 0 Å². The normalized spacial score (nSPS) is 13.8. The number of thiocarbonyl (C=S) groups is 1. The van der Waals surface area contributed by atoms with Crippen molar-refractivity contribution in [2.24, 2.45) is 5.41 Å². The average Bonchev–Trinajstić information content (AvgIpc) is 2.84. The van der Waals surface area contributed by atoms with Gasteiger partial charge in [-0.15, -0.1) is 0 Å². The first kappa shape index (κ1) is 26.7. The Morgan fingerprint density at radius 2 is 1.71 bits per heavy atom. The van der Waals surface area contributed by atoms with E-state index in [1.54, 1.807) is 12.1 Å². The molecule has 2 aromatic rings. The lowest BCUT2D eigenvalue weighted by Gasteiger charge is -2.26. The Kier molecular flexibility index (Phi) is 9.26. The molecule has 188 valence electrons. The van der Waals surface area contributed by atoms with Gasteiger partial charge in [0, 0.05) is 29.8 Å². The van der Waals surface area contributed by atoms with Crippen molar-refractivity contribution >= 4 is 34.8 Å². The van der Waals surface area contributed by atoms with Crippen LogP contribution in [-0.2, 0) is 4.79 Å². The van der Waals surface area contributed by atoms with Crippen molar-refractivity contribution in [1.29, 1.82) is 0 Å². The van der Waals surface area contributed by atoms with Crippen molar-refractivity contribution in [3.05, 3.63) is 59.2 Å². The van der Waals surface area contributed by atoms with Crippen molar-refractivity contribution < 1.29 is 14.3 Å². The summed E-state index contributed by atoms with van der Waals surface area (Å²) in [6.45, 7) is 10.1. The lowest BCUT2D eigenvalue weighted by Crippen LogP contribution is -2.42. The van der Waals surface area contributed by atoms with E-state index in [0.29, 0.717) is 18.6 Å². The van der Waals surface area contributed by atoms with Gasteiger partial charge in [0.15, 0.2) is 5.11 Å². The van der Waals surface area contributed by atoms with Crippen LogP contribution in [0.4, 0.5) is 5.69 Å².